The van der Waals surface area contributed by atoms with Gasteiger partial charge in [-0.2, -0.15) is 0 Å². The van der Waals surface area contributed by atoms with E-state index in [9.17, 15) is 0 Å². The lowest BCUT2D eigenvalue weighted by atomic mass is 9.94. The van der Waals surface area contributed by atoms with Gasteiger partial charge in [0, 0.05) is 65.0 Å². The number of fused-ring (bicyclic) bond motifs is 6. The van der Waals surface area contributed by atoms with E-state index >= 15 is 0 Å². The first-order valence-electron chi connectivity index (χ1n) is 16.6. The summed E-state index contributed by atoms with van der Waals surface area (Å²) in [5.74, 6) is 0.631. The third-order valence-electron chi connectivity index (χ3n) is 9.40. The van der Waals surface area contributed by atoms with Crippen molar-refractivity contribution in [2.45, 2.75) is 0 Å². The van der Waals surface area contributed by atoms with Crippen LogP contribution >= 0.6 is 11.3 Å². The van der Waals surface area contributed by atoms with Crippen LogP contribution in [0.1, 0.15) is 0 Å². The van der Waals surface area contributed by atoms with Crippen LogP contribution in [0.5, 0.6) is 0 Å². The van der Waals surface area contributed by atoms with Crippen molar-refractivity contribution in [3.63, 3.8) is 0 Å². The van der Waals surface area contributed by atoms with Crippen LogP contribution in [0.4, 0.5) is 0 Å². The quantitative estimate of drug-likeness (QED) is 0.185. The molecule has 0 saturated heterocycles. The summed E-state index contributed by atoms with van der Waals surface area (Å²) in [5.41, 5.74) is 10.3. The molecule has 0 amide bonds. The van der Waals surface area contributed by atoms with E-state index in [1.807, 2.05) is 78.2 Å². The van der Waals surface area contributed by atoms with Gasteiger partial charge in [-0.25, -0.2) is 9.97 Å². The molecule has 0 aliphatic heterocycles. The van der Waals surface area contributed by atoms with Crippen molar-refractivity contribution in [3.8, 4) is 56.3 Å². The summed E-state index contributed by atoms with van der Waals surface area (Å²) in [6.07, 6.45) is 1.82. The molecule has 0 atom stereocenters. The second-order valence-electron chi connectivity index (χ2n) is 12.3. The first kappa shape index (κ1) is 28.6. The minimum Gasteiger partial charge on any atom is -0.455 e. The summed E-state index contributed by atoms with van der Waals surface area (Å²) in [4.78, 5) is 15.1. The van der Waals surface area contributed by atoms with E-state index in [0.717, 1.165) is 66.8 Å². The van der Waals surface area contributed by atoms with Crippen molar-refractivity contribution in [1.82, 2.24) is 15.0 Å². The molecule has 5 heteroatoms. The first-order valence-corrected chi connectivity index (χ1v) is 17.4. The van der Waals surface area contributed by atoms with E-state index in [1.165, 1.54) is 25.7 Å². The zero-order chi connectivity index (χ0) is 33.0. The minimum absolute atomic E-state index is 0.631. The minimum atomic E-state index is 0.631. The molecule has 0 aliphatic rings. The number of rotatable bonds is 5. The van der Waals surface area contributed by atoms with E-state index in [0.29, 0.717) is 5.82 Å². The van der Waals surface area contributed by atoms with Crippen LogP contribution in [0.3, 0.4) is 0 Å². The van der Waals surface area contributed by atoms with Gasteiger partial charge in [-0.1, -0.05) is 121 Å². The average Bonchev–Trinajstić information content (AvgIpc) is 3.77. The highest BCUT2D eigenvalue weighted by atomic mass is 32.1. The Hall–Kier alpha value is -6.43. The largest absolute Gasteiger partial charge is 0.455 e. The highest BCUT2D eigenvalue weighted by Gasteiger charge is 2.22. The van der Waals surface area contributed by atoms with E-state index < -0.39 is 0 Å². The Morgan fingerprint density at radius 1 is 0.460 bits per heavy atom. The summed E-state index contributed by atoms with van der Waals surface area (Å²) in [6, 6.07) is 54.5. The molecule has 0 aliphatic carbocycles. The van der Waals surface area contributed by atoms with Crippen molar-refractivity contribution in [1.29, 1.82) is 0 Å². The zero-order valence-electron chi connectivity index (χ0n) is 26.7. The summed E-state index contributed by atoms with van der Waals surface area (Å²) in [6.45, 7) is 0. The van der Waals surface area contributed by atoms with Gasteiger partial charge in [0.05, 0.1) is 17.1 Å². The molecular formula is C45H27N3OS. The van der Waals surface area contributed by atoms with E-state index in [1.54, 1.807) is 0 Å². The molecule has 4 nitrogen and oxygen atoms in total. The van der Waals surface area contributed by atoms with Crippen LogP contribution in [0.2, 0.25) is 0 Å². The highest BCUT2D eigenvalue weighted by molar-refractivity contribution is 7.26. The normalized spacial score (nSPS) is 11.6. The highest BCUT2D eigenvalue weighted by Crippen LogP contribution is 2.46. The van der Waals surface area contributed by atoms with Crippen molar-refractivity contribution in [2.24, 2.45) is 0 Å². The molecule has 50 heavy (non-hydrogen) atoms. The third kappa shape index (κ3) is 4.63. The van der Waals surface area contributed by atoms with Gasteiger partial charge in [0.25, 0.3) is 0 Å². The summed E-state index contributed by atoms with van der Waals surface area (Å²) >= 11 is 1.84. The molecule has 6 aromatic carbocycles. The number of para-hydroxylation sites is 1. The van der Waals surface area contributed by atoms with Crippen molar-refractivity contribution in [3.05, 3.63) is 164 Å². The van der Waals surface area contributed by atoms with Crippen LogP contribution in [0, 0.1) is 0 Å². The Labute approximate surface area is 292 Å². The molecule has 0 fully saturated rings. The second-order valence-corrected chi connectivity index (χ2v) is 13.4. The van der Waals surface area contributed by atoms with Crippen LogP contribution in [0.15, 0.2) is 168 Å². The van der Waals surface area contributed by atoms with E-state index in [4.69, 9.17) is 14.4 Å². The van der Waals surface area contributed by atoms with Gasteiger partial charge < -0.3 is 4.42 Å². The fourth-order valence-corrected chi connectivity index (χ4v) is 8.33. The molecular weight excluding hydrogens is 631 g/mol. The lowest BCUT2D eigenvalue weighted by Gasteiger charge is -2.13. The summed E-state index contributed by atoms with van der Waals surface area (Å²) < 4.78 is 9.35. The molecule has 4 aromatic heterocycles. The maximum atomic E-state index is 6.79. The predicted molar refractivity (Wildman–Crippen MR) is 207 cm³/mol. The van der Waals surface area contributed by atoms with E-state index in [2.05, 4.69) is 102 Å². The third-order valence-corrected chi connectivity index (χ3v) is 10.6. The number of benzene rings is 6. The Balaban J connectivity index is 1.25. The molecule has 0 bridgehead atoms. The number of furan rings is 1. The molecule has 10 aromatic rings. The van der Waals surface area contributed by atoms with Crippen molar-refractivity contribution >= 4 is 53.4 Å². The fourth-order valence-electron chi connectivity index (χ4n) is 7.10. The standard InChI is InChI=1S/C45H27N3OS/c1-2-13-28(14-3-1)38-27-39(48-45(47-38)34-17-5-4-15-29(34)37-21-10-11-26-46-37)35-25-24-31(42-36-18-6-8-22-40(36)49-43(35)42)33-20-12-19-32-30-16-7-9-23-41(30)50-44(32)33/h1-27H. The topological polar surface area (TPSA) is 51.8 Å². The summed E-state index contributed by atoms with van der Waals surface area (Å²) in [5, 5.41) is 4.72. The average molecular weight is 658 g/mol. The number of thiophene rings is 1. The molecule has 0 unspecified atom stereocenters. The molecule has 234 valence electrons. The van der Waals surface area contributed by atoms with Gasteiger partial charge in [-0.05, 0) is 42.0 Å². The van der Waals surface area contributed by atoms with Gasteiger partial charge in [-0.15, -0.1) is 11.3 Å². The van der Waals surface area contributed by atoms with E-state index in [-0.39, 0.29) is 0 Å². The van der Waals surface area contributed by atoms with Gasteiger partial charge >= 0.3 is 0 Å². The van der Waals surface area contributed by atoms with Gasteiger partial charge in [0.2, 0.25) is 0 Å². The van der Waals surface area contributed by atoms with Crippen LogP contribution in [-0.4, -0.2) is 15.0 Å². The molecule has 0 saturated carbocycles. The first-order chi connectivity index (χ1) is 24.8. The molecule has 10 rings (SSSR count). The van der Waals surface area contributed by atoms with Gasteiger partial charge in [0.1, 0.15) is 11.2 Å². The van der Waals surface area contributed by atoms with Gasteiger partial charge in [0.15, 0.2) is 5.82 Å². The number of hydrogen-bond acceptors (Lipinski definition) is 5. The summed E-state index contributed by atoms with van der Waals surface area (Å²) in [7, 11) is 0. The maximum absolute atomic E-state index is 6.79. The number of nitrogens with zero attached hydrogens (tertiary/aromatic N) is 3. The number of aromatic nitrogens is 3. The fraction of sp³-hybridized carbons (Fsp3) is 0. The van der Waals surface area contributed by atoms with Crippen LogP contribution < -0.4 is 0 Å². The molecule has 0 radical (unpaired) electrons. The predicted octanol–water partition coefficient (Wildman–Crippen LogP) is 12.5. The van der Waals surface area contributed by atoms with Crippen LogP contribution in [0.25, 0.3) is 98.4 Å². The van der Waals surface area contributed by atoms with Gasteiger partial charge in [-0.3, -0.25) is 4.98 Å². The number of pyridine rings is 1. The molecule has 0 spiro atoms. The lowest BCUT2D eigenvalue weighted by molar-refractivity contribution is 0.670. The Kier molecular flexibility index (Phi) is 6.64. The van der Waals surface area contributed by atoms with Crippen LogP contribution in [-0.2, 0) is 0 Å². The lowest BCUT2D eigenvalue weighted by Crippen LogP contribution is -1.98. The Morgan fingerprint density at radius 3 is 2.04 bits per heavy atom. The SMILES string of the molecule is c1ccc(-c2cc(-c3ccc(-c4cccc5c4sc4ccccc45)c4c3oc3ccccc34)nc(-c3ccccc3-c3ccccn3)n2)cc1. The van der Waals surface area contributed by atoms with Crippen molar-refractivity contribution < 1.29 is 4.42 Å². The smallest absolute Gasteiger partial charge is 0.161 e. The Bertz CT molecular complexity index is 2870. The second kappa shape index (κ2) is 11.6. The van der Waals surface area contributed by atoms with Crippen molar-refractivity contribution in [2.75, 3.05) is 0 Å². The zero-order valence-corrected chi connectivity index (χ0v) is 27.6. The number of hydrogen-bond donors (Lipinski definition) is 0. The Morgan fingerprint density at radius 2 is 1.16 bits per heavy atom. The molecule has 4 heterocycles. The maximum Gasteiger partial charge on any atom is 0.161 e. The monoisotopic (exact) mass is 657 g/mol. The molecule has 0 N–H and O–H groups in total.